The lowest BCUT2D eigenvalue weighted by molar-refractivity contribution is 0.187. The molecular formula is C8H13Br. The summed E-state index contributed by atoms with van der Waals surface area (Å²) in [7, 11) is 0. The lowest BCUT2D eigenvalue weighted by Gasteiger charge is -2.39. The van der Waals surface area contributed by atoms with Crippen LogP contribution < -0.4 is 0 Å². The smallest absolute Gasteiger partial charge is 0.0176 e. The zero-order valence-corrected chi connectivity index (χ0v) is 7.23. The molecule has 0 aromatic carbocycles. The van der Waals surface area contributed by atoms with E-state index >= 15 is 0 Å². The summed E-state index contributed by atoms with van der Waals surface area (Å²) in [6, 6.07) is 0. The highest BCUT2D eigenvalue weighted by Gasteiger charge is 2.33. The third-order valence-corrected chi connectivity index (χ3v) is 4.08. The molecule has 2 bridgehead atoms. The quantitative estimate of drug-likeness (QED) is 0.514. The molecule has 0 spiro atoms. The molecule has 0 aliphatic heterocycles. The van der Waals surface area contributed by atoms with Gasteiger partial charge in [0.05, 0.1) is 0 Å². The number of fused-ring (bicyclic) bond motifs is 3. The fraction of sp³-hybridized carbons (Fsp3) is 1.00. The summed E-state index contributed by atoms with van der Waals surface area (Å²) in [5, 5.41) is 0. The van der Waals surface area contributed by atoms with E-state index in [4.69, 9.17) is 0 Å². The fourth-order valence-corrected chi connectivity index (χ4v) is 3.35. The molecule has 0 N–H and O–H groups in total. The van der Waals surface area contributed by atoms with Crippen LogP contribution in [0.25, 0.3) is 0 Å². The number of alkyl halides is 1. The molecule has 3 aliphatic carbocycles. The second kappa shape index (κ2) is 2.26. The molecule has 3 rings (SSSR count). The van der Waals surface area contributed by atoms with Crippen LogP contribution in [0, 0.1) is 11.8 Å². The standard InChI is InChI=1S/C8H13Br/c9-8-5-6-1-3-7(8)4-2-6/h6-8H,1-5H2/t6?,7?,8-/m0/s1. The first-order valence-electron chi connectivity index (χ1n) is 4.00. The predicted octanol–water partition coefficient (Wildman–Crippen LogP) is 2.96. The summed E-state index contributed by atoms with van der Waals surface area (Å²) < 4.78 is 0. The van der Waals surface area contributed by atoms with E-state index in [0.29, 0.717) is 0 Å². The lowest BCUT2D eigenvalue weighted by Crippen LogP contribution is -2.31. The lowest BCUT2D eigenvalue weighted by atomic mass is 9.71. The van der Waals surface area contributed by atoms with Gasteiger partial charge >= 0.3 is 0 Å². The van der Waals surface area contributed by atoms with E-state index in [0.717, 1.165) is 16.7 Å². The maximum atomic E-state index is 3.75. The summed E-state index contributed by atoms with van der Waals surface area (Å²) in [6.45, 7) is 0. The summed E-state index contributed by atoms with van der Waals surface area (Å²) >= 11 is 3.75. The van der Waals surface area contributed by atoms with Crippen molar-refractivity contribution in [3.63, 3.8) is 0 Å². The zero-order chi connectivity index (χ0) is 6.27. The molecule has 3 fully saturated rings. The van der Waals surface area contributed by atoms with Gasteiger partial charge in [-0.1, -0.05) is 28.8 Å². The maximum Gasteiger partial charge on any atom is 0.0176 e. The first kappa shape index (κ1) is 6.21. The average molecular weight is 189 g/mol. The van der Waals surface area contributed by atoms with Crippen LogP contribution in [0.1, 0.15) is 32.1 Å². The Bertz CT molecular complexity index is 103. The number of rotatable bonds is 0. The minimum Gasteiger partial charge on any atom is -0.0888 e. The highest BCUT2D eigenvalue weighted by molar-refractivity contribution is 9.09. The molecule has 1 atom stereocenters. The Hall–Kier alpha value is 0.480. The van der Waals surface area contributed by atoms with Gasteiger partial charge in [-0.25, -0.2) is 0 Å². The van der Waals surface area contributed by atoms with Crippen molar-refractivity contribution in [1.82, 2.24) is 0 Å². The van der Waals surface area contributed by atoms with Gasteiger partial charge < -0.3 is 0 Å². The molecule has 0 unspecified atom stereocenters. The molecule has 3 saturated carbocycles. The number of halogens is 1. The molecule has 0 aromatic heterocycles. The summed E-state index contributed by atoms with van der Waals surface area (Å²) in [4.78, 5) is 0.880. The van der Waals surface area contributed by atoms with E-state index in [1.54, 1.807) is 0 Å². The van der Waals surface area contributed by atoms with Crippen molar-refractivity contribution >= 4 is 15.9 Å². The number of hydrogen-bond acceptors (Lipinski definition) is 0. The van der Waals surface area contributed by atoms with Gasteiger partial charge in [0.25, 0.3) is 0 Å². The summed E-state index contributed by atoms with van der Waals surface area (Å²) in [6.07, 6.45) is 7.51. The second-order valence-corrected chi connectivity index (χ2v) is 4.71. The first-order valence-corrected chi connectivity index (χ1v) is 4.92. The van der Waals surface area contributed by atoms with E-state index < -0.39 is 0 Å². The number of hydrogen-bond donors (Lipinski definition) is 0. The fourth-order valence-electron chi connectivity index (χ4n) is 2.30. The molecule has 0 nitrogen and oxygen atoms in total. The predicted molar refractivity (Wildman–Crippen MR) is 42.8 cm³/mol. The van der Waals surface area contributed by atoms with E-state index in [2.05, 4.69) is 15.9 Å². The van der Waals surface area contributed by atoms with Crippen LogP contribution in [0.5, 0.6) is 0 Å². The maximum absolute atomic E-state index is 3.75. The van der Waals surface area contributed by atoms with Crippen molar-refractivity contribution in [2.24, 2.45) is 11.8 Å². The van der Waals surface area contributed by atoms with E-state index in [9.17, 15) is 0 Å². The topological polar surface area (TPSA) is 0 Å². The Balaban J connectivity index is 2.06. The Morgan fingerprint density at radius 1 is 1.00 bits per heavy atom. The van der Waals surface area contributed by atoms with Crippen molar-refractivity contribution in [1.29, 1.82) is 0 Å². The molecule has 52 valence electrons. The van der Waals surface area contributed by atoms with Crippen molar-refractivity contribution in [3.8, 4) is 0 Å². The third kappa shape index (κ3) is 1.04. The van der Waals surface area contributed by atoms with Gasteiger partial charge in [-0.15, -0.1) is 0 Å². The molecule has 0 amide bonds. The molecule has 0 radical (unpaired) electrons. The Morgan fingerprint density at radius 2 is 1.67 bits per heavy atom. The average Bonchev–Trinajstić information content (AvgIpc) is 1.90. The Morgan fingerprint density at radius 3 is 1.89 bits per heavy atom. The minimum atomic E-state index is 0.880. The third-order valence-electron chi connectivity index (χ3n) is 2.96. The van der Waals surface area contributed by atoms with Crippen molar-refractivity contribution in [2.45, 2.75) is 36.9 Å². The molecule has 0 aromatic rings. The van der Waals surface area contributed by atoms with Crippen LogP contribution in [0.2, 0.25) is 0 Å². The second-order valence-electron chi connectivity index (χ2n) is 3.53. The van der Waals surface area contributed by atoms with Crippen LogP contribution in [-0.2, 0) is 0 Å². The first-order chi connectivity index (χ1) is 4.36. The summed E-state index contributed by atoms with van der Waals surface area (Å²) in [5.74, 6) is 2.12. The highest BCUT2D eigenvalue weighted by Crippen LogP contribution is 2.44. The highest BCUT2D eigenvalue weighted by atomic mass is 79.9. The molecular weight excluding hydrogens is 176 g/mol. The molecule has 3 aliphatic rings. The van der Waals surface area contributed by atoms with Gasteiger partial charge in [-0.3, -0.25) is 0 Å². The van der Waals surface area contributed by atoms with Gasteiger partial charge in [0.15, 0.2) is 0 Å². The van der Waals surface area contributed by atoms with Crippen molar-refractivity contribution < 1.29 is 0 Å². The van der Waals surface area contributed by atoms with Gasteiger partial charge in [-0.05, 0) is 31.1 Å². The van der Waals surface area contributed by atoms with Gasteiger partial charge in [0, 0.05) is 4.83 Å². The van der Waals surface area contributed by atoms with Crippen LogP contribution in [0.3, 0.4) is 0 Å². The van der Waals surface area contributed by atoms with Gasteiger partial charge in [0.2, 0.25) is 0 Å². The van der Waals surface area contributed by atoms with Gasteiger partial charge in [0.1, 0.15) is 0 Å². The summed E-state index contributed by atoms with van der Waals surface area (Å²) in [5.41, 5.74) is 0. The van der Waals surface area contributed by atoms with Crippen LogP contribution in [0.4, 0.5) is 0 Å². The van der Waals surface area contributed by atoms with Crippen LogP contribution in [0.15, 0.2) is 0 Å². The van der Waals surface area contributed by atoms with Crippen LogP contribution in [-0.4, -0.2) is 4.83 Å². The van der Waals surface area contributed by atoms with Crippen molar-refractivity contribution in [2.75, 3.05) is 0 Å². The molecule has 0 heterocycles. The SMILES string of the molecule is Br[C@H]1CC2CCC1CC2. The van der Waals surface area contributed by atoms with E-state index in [1.807, 2.05) is 0 Å². The Labute approximate surface area is 65.1 Å². The molecule has 9 heavy (non-hydrogen) atoms. The zero-order valence-electron chi connectivity index (χ0n) is 5.65. The van der Waals surface area contributed by atoms with E-state index in [1.165, 1.54) is 32.1 Å². The molecule has 0 saturated heterocycles. The largest absolute Gasteiger partial charge is 0.0888 e. The van der Waals surface area contributed by atoms with Crippen LogP contribution >= 0.6 is 15.9 Å². The minimum absolute atomic E-state index is 0.880. The molecule has 1 heteroatoms. The van der Waals surface area contributed by atoms with Gasteiger partial charge in [-0.2, -0.15) is 0 Å². The van der Waals surface area contributed by atoms with Crippen molar-refractivity contribution in [3.05, 3.63) is 0 Å². The van der Waals surface area contributed by atoms with E-state index in [-0.39, 0.29) is 0 Å². The Kier molecular flexibility index (Phi) is 1.56. The normalized spacial score (nSPS) is 49.7. The monoisotopic (exact) mass is 188 g/mol.